The Morgan fingerprint density at radius 1 is 1.10 bits per heavy atom. The normalized spacial score (nSPS) is 11.0. The summed E-state index contributed by atoms with van der Waals surface area (Å²) in [5.41, 5.74) is 0.768. The van der Waals surface area contributed by atoms with E-state index in [1.807, 2.05) is 19.9 Å². The fourth-order valence-corrected chi connectivity index (χ4v) is 3.42. The summed E-state index contributed by atoms with van der Waals surface area (Å²) < 4.78 is 22.2. The highest BCUT2D eigenvalue weighted by Crippen LogP contribution is 2.38. The zero-order valence-corrected chi connectivity index (χ0v) is 20.1. The van der Waals surface area contributed by atoms with Crippen molar-refractivity contribution in [3.63, 3.8) is 0 Å². The van der Waals surface area contributed by atoms with E-state index in [2.05, 4.69) is 21.2 Å². The van der Waals surface area contributed by atoms with Gasteiger partial charge in [0.15, 0.2) is 11.5 Å². The van der Waals surface area contributed by atoms with E-state index in [0.29, 0.717) is 43.7 Å². The molecule has 164 valence electrons. The lowest BCUT2D eigenvalue weighted by Gasteiger charge is -2.16. The molecular formula is C22H22BrClN2O5. The number of anilines is 1. The molecule has 0 unspecified atom stereocenters. The highest BCUT2D eigenvalue weighted by molar-refractivity contribution is 9.10. The Morgan fingerprint density at radius 3 is 2.29 bits per heavy atom. The second-order valence-electron chi connectivity index (χ2n) is 6.51. The van der Waals surface area contributed by atoms with Crippen LogP contribution < -0.4 is 24.3 Å². The van der Waals surface area contributed by atoms with Crippen molar-refractivity contribution in [1.29, 1.82) is 5.26 Å². The minimum absolute atomic E-state index is 0.0570. The first-order valence-electron chi connectivity index (χ1n) is 9.12. The third-order valence-electron chi connectivity index (χ3n) is 4.00. The third kappa shape index (κ3) is 6.06. The number of nitrogens with one attached hydrogen (secondary N) is 1. The molecular weight excluding hydrogens is 488 g/mol. The Morgan fingerprint density at radius 2 is 1.74 bits per heavy atom. The van der Waals surface area contributed by atoms with E-state index in [4.69, 9.17) is 30.5 Å². The van der Waals surface area contributed by atoms with Crippen molar-refractivity contribution in [3.8, 4) is 29.1 Å². The van der Waals surface area contributed by atoms with Gasteiger partial charge in [0.2, 0.25) is 0 Å². The maximum absolute atomic E-state index is 12.8. The predicted molar refractivity (Wildman–Crippen MR) is 123 cm³/mol. The number of hydrogen-bond acceptors (Lipinski definition) is 6. The number of amides is 1. The van der Waals surface area contributed by atoms with E-state index in [1.165, 1.54) is 39.5 Å². The van der Waals surface area contributed by atoms with Gasteiger partial charge in [-0.25, -0.2) is 0 Å². The van der Waals surface area contributed by atoms with Crippen LogP contribution in [0.4, 0.5) is 5.69 Å². The molecule has 0 radical (unpaired) electrons. The third-order valence-corrected chi connectivity index (χ3v) is 4.89. The summed E-state index contributed by atoms with van der Waals surface area (Å²) >= 11 is 9.54. The lowest BCUT2D eigenvalue weighted by molar-refractivity contribution is -0.112. The fraction of sp³-hybridized carbons (Fsp3) is 0.273. The molecule has 0 aliphatic rings. The average molecular weight is 510 g/mol. The zero-order valence-electron chi connectivity index (χ0n) is 17.7. The molecule has 0 heterocycles. The number of rotatable bonds is 8. The number of carbonyl (C=O) groups is 1. The van der Waals surface area contributed by atoms with Gasteiger partial charge in [0, 0.05) is 12.1 Å². The number of halogens is 2. The first-order chi connectivity index (χ1) is 14.7. The summed E-state index contributed by atoms with van der Waals surface area (Å²) in [6.45, 7) is 3.80. The van der Waals surface area contributed by atoms with Gasteiger partial charge in [-0.15, -0.1) is 0 Å². The molecule has 31 heavy (non-hydrogen) atoms. The molecule has 7 nitrogen and oxygen atoms in total. The smallest absolute Gasteiger partial charge is 0.266 e. The molecule has 0 spiro atoms. The molecule has 1 amide bonds. The summed E-state index contributed by atoms with van der Waals surface area (Å²) in [6, 6.07) is 8.36. The van der Waals surface area contributed by atoms with Gasteiger partial charge in [0.1, 0.15) is 23.1 Å². The summed E-state index contributed by atoms with van der Waals surface area (Å²) in [4.78, 5) is 12.8. The maximum atomic E-state index is 12.8. The first kappa shape index (κ1) is 24.4. The molecule has 0 saturated heterocycles. The van der Waals surface area contributed by atoms with Crippen molar-refractivity contribution >= 4 is 45.2 Å². The topological polar surface area (TPSA) is 89.8 Å². The molecule has 0 fully saturated rings. The van der Waals surface area contributed by atoms with Crippen LogP contribution in [-0.2, 0) is 4.79 Å². The number of nitriles is 1. The first-order valence-corrected chi connectivity index (χ1v) is 10.3. The number of benzene rings is 2. The van der Waals surface area contributed by atoms with Gasteiger partial charge < -0.3 is 24.3 Å². The molecule has 2 aromatic carbocycles. The second-order valence-corrected chi connectivity index (χ2v) is 7.77. The quantitative estimate of drug-likeness (QED) is 0.375. The second kappa shape index (κ2) is 10.9. The van der Waals surface area contributed by atoms with Crippen LogP contribution >= 0.6 is 27.5 Å². The minimum atomic E-state index is -0.622. The zero-order chi connectivity index (χ0) is 23.1. The Bertz CT molecular complexity index is 1050. The van der Waals surface area contributed by atoms with E-state index in [0.717, 1.165) is 0 Å². The fourth-order valence-electron chi connectivity index (χ4n) is 2.64. The van der Waals surface area contributed by atoms with E-state index in [1.54, 1.807) is 12.1 Å². The summed E-state index contributed by atoms with van der Waals surface area (Å²) in [5, 5.41) is 12.5. The Labute approximate surface area is 194 Å². The van der Waals surface area contributed by atoms with Crippen molar-refractivity contribution in [3.05, 3.63) is 44.9 Å². The molecule has 0 aliphatic heterocycles. The summed E-state index contributed by atoms with van der Waals surface area (Å²) in [6.07, 6.45) is 1.39. The molecule has 1 N–H and O–H groups in total. The molecule has 9 heteroatoms. The van der Waals surface area contributed by atoms with Gasteiger partial charge in [0.25, 0.3) is 5.91 Å². The van der Waals surface area contributed by atoms with Gasteiger partial charge >= 0.3 is 0 Å². The van der Waals surface area contributed by atoms with Gasteiger partial charge in [-0.1, -0.05) is 11.6 Å². The molecule has 0 aliphatic carbocycles. The largest absolute Gasteiger partial charge is 0.495 e. The van der Waals surface area contributed by atoms with Crippen LogP contribution in [0.2, 0.25) is 5.02 Å². The van der Waals surface area contributed by atoms with Crippen molar-refractivity contribution in [2.75, 3.05) is 26.6 Å². The van der Waals surface area contributed by atoms with Crippen molar-refractivity contribution < 1.29 is 23.7 Å². The van der Waals surface area contributed by atoms with Crippen molar-refractivity contribution in [2.24, 2.45) is 0 Å². The molecule has 0 bridgehead atoms. The standard InChI is InChI=1S/C22H22BrClN2O5/c1-12(2)31-21-15(23)7-13(8-20(21)30-5)6-14(11-25)22(27)26-17-10-18(28-3)16(24)9-19(17)29-4/h6-10,12H,1-5H3,(H,26,27)/b14-6+. The van der Waals surface area contributed by atoms with E-state index in [9.17, 15) is 10.1 Å². The van der Waals surface area contributed by atoms with Crippen LogP contribution in [0, 0.1) is 11.3 Å². The molecule has 0 saturated carbocycles. The predicted octanol–water partition coefficient (Wildman–Crippen LogP) is 5.46. The van der Waals surface area contributed by atoms with Crippen LogP contribution in [0.1, 0.15) is 19.4 Å². The number of hydrogen-bond donors (Lipinski definition) is 1. The van der Waals surface area contributed by atoms with E-state index >= 15 is 0 Å². The highest BCUT2D eigenvalue weighted by atomic mass is 79.9. The van der Waals surface area contributed by atoms with Gasteiger partial charge in [-0.3, -0.25) is 4.79 Å². The van der Waals surface area contributed by atoms with Gasteiger partial charge in [0.05, 0.1) is 42.6 Å². The number of carbonyl (C=O) groups excluding carboxylic acids is 1. The van der Waals surface area contributed by atoms with Crippen molar-refractivity contribution in [1.82, 2.24) is 0 Å². The number of nitrogens with zero attached hydrogens (tertiary/aromatic N) is 1. The van der Waals surface area contributed by atoms with Crippen LogP contribution in [0.15, 0.2) is 34.3 Å². The average Bonchev–Trinajstić information content (AvgIpc) is 2.73. The lowest BCUT2D eigenvalue weighted by atomic mass is 10.1. The molecule has 0 aromatic heterocycles. The number of ether oxygens (including phenoxy) is 4. The van der Waals surface area contributed by atoms with Gasteiger partial charge in [-0.05, 0) is 53.5 Å². The summed E-state index contributed by atoms with van der Waals surface area (Å²) in [5.74, 6) is 1.07. The van der Waals surface area contributed by atoms with Gasteiger partial charge in [-0.2, -0.15) is 5.26 Å². The lowest BCUT2D eigenvalue weighted by Crippen LogP contribution is -2.14. The summed E-state index contributed by atoms with van der Waals surface area (Å²) in [7, 11) is 4.41. The van der Waals surface area contributed by atoms with Crippen LogP contribution in [-0.4, -0.2) is 33.3 Å². The van der Waals surface area contributed by atoms with E-state index in [-0.39, 0.29) is 11.7 Å². The Kier molecular flexibility index (Phi) is 8.60. The van der Waals surface area contributed by atoms with Crippen LogP contribution in [0.25, 0.3) is 6.08 Å². The SMILES string of the molecule is COc1cc(NC(=O)/C(C#N)=C/c2cc(Br)c(OC(C)C)c(OC)c2)c(OC)cc1Cl. The molecule has 2 aromatic rings. The van der Waals surface area contributed by atoms with Crippen molar-refractivity contribution in [2.45, 2.75) is 20.0 Å². The molecule has 0 atom stereocenters. The monoisotopic (exact) mass is 508 g/mol. The maximum Gasteiger partial charge on any atom is 0.266 e. The van der Waals surface area contributed by atoms with Crippen LogP contribution in [0.3, 0.4) is 0 Å². The van der Waals surface area contributed by atoms with Crippen LogP contribution in [0.5, 0.6) is 23.0 Å². The Balaban J connectivity index is 2.39. The Hall–Kier alpha value is -2.89. The van der Waals surface area contributed by atoms with E-state index < -0.39 is 5.91 Å². The molecule has 2 rings (SSSR count). The minimum Gasteiger partial charge on any atom is -0.495 e. The highest BCUT2D eigenvalue weighted by Gasteiger charge is 2.17. The number of methoxy groups -OCH3 is 3.